The van der Waals surface area contributed by atoms with Crippen molar-refractivity contribution in [2.45, 2.75) is 26.1 Å². The molecular formula is C21H22N4O3. The minimum absolute atomic E-state index is 0.0789. The Kier molecular flexibility index (Phi) is 5.08. The average Bonchev–Trinajstić information content (AvgIpc) is 3.16. The van der Waals surface area contributed by atoms with E-state index in [1.165, 1.54) is 6.07 Å². The Bertz CT molecular complexity index is 985. The van der Waals surface area contributed by atoms with Crippen LogP contribution in [0, 0.1) is 6.92 Å². The first-order valence-corrected chi connectivity index (χ1v) is 9.21. The van der Waals surface area contributed by atoms with Crippen LogP contribution in [0.25, 0.3) is 0 Å². The molecule has 1 amide bonds. The van der Waals surface area contributed by atoms with Gasteiger partial charge in [0.2, 0.25) is 0 Å². The molecule has 1 atom stereocenters. The average molecular weight is 378 g/mol. The molecule has 7 heteroatoms. The van der Waals surface area contributed by atoms with Crippen LogP contribution in [0.3, 0.4) is 0 Å². The molecule has 28 heavy (non-hydrogen) atoms. The molecule has 2 aromatic heterocycles. The third-order valence-electron chi connectivity index (χ3n) is 4.77. The summed E-state index contributed by atoms with van der Waals surface area (Å²) < 4.78 is 7.82. The van der Waals surface area contributed by atoms with E-state index in [1.807, 2.05) is 35.9 Å². The van der Waals surface area contributed by atoms with Crippen molar-refractivity contribution in [1.29, 1.82) is 0 Å². The van der Waals surface area contributed by atoms with E-state index >= 15 is 0 Å². The zero-order valence-electron chi connectivity index (χ0n) is 15.7. The molecule has 3 aromatic rings. The van der Waals surface area contributed by atoms with Gasteiger partial charge in [0.25, 0.3) is 5.91 Å². The zero-order chi connectivity index (χ0) is 19.5. The van der Waals surface area contributed by atoms with E-state index in [-0.39, 0.29) is 17.7 Å². The van der Waals surface area contributed by atoms with Crippen molar-refractivity contribution in [3.8, 4) is 5.75 Å². The number of rotatable bonds is 5. The Morgan fingerprint density at radius 1 is 1.25 bits per heavy atom. The standard InChI is InChI=1S/C21H22N4O3/c1-15-4-2-6-17(23-15)13-28-14-19-12-24(11-18-8-9-22-25(18)19)21(27)16-5-3-7-20(26)10-16/h2-10,19,26H,11-14H2,1H3/t19-/m1/s1. The van der Waals surface area contributed by atoms with Gasteiger partial charge < -0.3 is 14.7 Å². The maximum Gasteiger partial charge on any atom is 0.254 e. The minimum atomic E-state index is -0.117. The lowest BCUT2D eigenvalue weighted by Gasteiger charge is -2.34. The van der Waals surface area contributed by atoms with E-state index < -0.39 is 0 Å². The number of aromatic nitrogens is 3. The molecule has 0 spiro atoms. The van der Waals surface area contributed by atoms with Crippen LogP contribution in [0.4, 0.5) is 0 Å². The molecule has 0 radical (unpaired) electrons. The van der Waals surface area contributed by atoms with E-state index in [4.69, 9.17) is 4.74 Å². The van der Waals surface area contributed by atoms with Gasteiger partial charge in [0.1, 0.15) is 5.75 Å². The van der Waals surface area contributed by atoms with Crippen LogP contribution < -0.4 is 0 Å². The Labute approximate surface area is 163 Å². The molecule has 7 nitrogen and oxygen atoms in total. The maximum absolute atomic E-state index is 12.9. The number of hydrogen-bond acceptors (Lipinski definition) is 5. The molecule has 4 rings (SSSR count). The summed E-state index contributed by atoms with van der Waals surface area (Å²) in [4.78, 5) is 19.1. The lowest BCUT2D eigenvalue weighted by atomic mass is 10.1. The van der Waals surface area contributed by atoms with Crippen LogP contribution >= 0.6 is 0 Å². The van der Waals surface area contributed by atoms with E-state index in [2.05, 4.69) is 10.1 Å². The van der Waals surface area contributed by atoms with E-state index in [1.54, 1.807) is 29.3 Å². The zero-order valence-corrected chi connectivity index (χ0v) is 15.7. The van der Waals surface area contributed by atoms with Crippen molar-refractivity contribution in [2.24, 2.45) is 0 Å². The summed E-state index contributed by atoms with van der Waals surface area (Å²) in [6.07, 6.45) is 1.74. The van der Waals surface area contributed by atoms with Crippen molar-refractivity contribution in [1.82, 2.24) is 19.7 Å². The summed E-state index contributed by atoms with van der Waals surface area (Å²) in [5.41, 5.74) is 3.26. The lowest BCUT2D eigenvalue weighted by molar-refractivity contribution is 0.0440. The monoisotopic (exact) mass is 378 g/mol. The number of hydrogen-bond donors (Lipinski definition) is 1. The summed E-state index contributed by atoms with van der Waals surface area (Å²) in [5, 5.41) is 14.1. The highest BCUT2D eigenvalue weighted by Crippen LogP contribution is 2.23. The van der Waals surface area contributed by atoms with E-state index in [0.717, 1.165) is 17.1 Å². The van der Waals surface area contributed by atoms with Crippen LogP contribution in [0.15, 0.2) is 54.7 Å². The van der Waals surface area contributed by atoms with Gasteiger partial charge in [0.15, 0.2) is 0 Å². The number of fused-ring (bicyclic) bond motifs is 1. The van der Waals surface area contributed by atoms with Crippen LogP contribution in [-0.4, -0.2) is 43.8 Å². The van der Waals surface area contributed by atoms with Gasteiger partial charge in [-0.2, -0.15) is 5.10 Å². The highest BCUT2D eigenvalue weighted by Gasteiger charge is 2.29. The van der Waals surface area contributed by atoms with E-state index in [9.17, 15) is 9.90 Å². The van der Waals surface area contributed by atoms with Gasteiger partial charge in [-0.3, -0.25) is 14.5 Å². The molecule has 0 saturated heterocycles. The Balaban J connectivity index is 1.46. The molecule has 0 bridgehead atoms. The number of nitrogens with zero attached hydrogens (tertiary/aromatic N) is 4. The van der Waals surface area contributed by atoms with Gasteiger partial charge in [-0.05, 0) is 43.3 Å². The lowest BCUT2D eigenvalue weighted by Crippen LogP contribution is -2.42. The molecule has 0 saturated carbocycles. The highest BCUT2D eigenvalue weighted by atomic mass is 16.5. The second-order valence-corrected chi connectivity index (χ2v) is 6.94. The quantitative estimate of drug-likeness (QED) is 0.738. The van der Waals surface area contributed by atoms with Crippen molar-refractivity contribution in [2.75, 3.05) is 13.2 Å². The third kappa shape index (κ3) is 3.89. The van der Waals surface area contributed by atoms with Crippen molar-refractivity contribution in [3.05, 3.63) is 77.4 Å². The Morgan fingerprint density at radius 2 is 2.11 bits per heavy atom. The Morgan fingerprint density at radius 3 is 2.93 bits per heavy atom. The fraction of sp³-hybridized carbons (Fsp3) is 0.286. The number of amides is 1. The summed E-state index contributed by atoms with van der Waals surface area (Å²) in [7, 11) is 0. The molecule has 1 aliphatic rings. The number of carbonyl (C=O) groups is 1. The van der Waals surface area contributed by atoms with Gasteiger partial charge in [-0.15, -0.1) is 0 Å². The number of aromatic hydroxyl groups is 1. The fourth-order valence-corrected chi connectivity index (χ4v) is 3.47. The number of pyridine rings is 1. The second kappa shape index (κ2) is 7.82. The molecular weight excluding hydrogens is 356 g/mol. The summed E-state index contributed by atoms with van der Waals surface area (Å²) >= 11 is 0. The first kappa shape index (κ1) is 18.2. The molecule has 1 aromatic carbocycles. The predicted molar refractivity (Wildman–Crippen MR) is 103 cm³/mol. The van der Waals surface area contributed by atoms with E-state index in [0.29, 0.717) is 31.9 Å². The fourth-order valence-electron chi connectivity index (χ4n) is 3.47. The van der Waals surface area contributed by atoms with Crippen LogP contribution in [0.5, 0.6) is 5.75 Å². The summed E-state index contributed by atoms with van der Waals surface area (Å²) in [6.45, 7) is 3.75. The first-order chi connectivity index (χ1) is 13.6. The number of ether oxygens (including phenoxy) is 1. The largest absolute Gasteiger partial charge is 0.508 e. The topological polar surface area (TPSA) is 80.5 Å². The normalized spacial score (nSPS) is 16.0. The maximum atomic E-state index is 12.9. The number of carbonyl (C=O) groups excluding carboxylic acids is 1. The minimum Gasteiger partial charge on any atom is -0.508 e. The van der Waals surface area contributed by atoms with Gasteiger partial charge >= 0.3 is 0 Å². The van der Waals surface area contributed by atoms with Gasteiger partial charge in [0.05, 0.1) is 37.2 Å². The number of phenols is 1. The molecule has 3 heterocycles. The second-order valence-electron chi connectivity index (χ2n) is 6.94. The third-order valence-corrected chi connectivity index (χ3v) is 4.77. The first-order valence-electron chi connectivity index (χ1n) is 9.21. The van der Waals surface area contributed by atoms with Gasteiger partial charge in [-0.25, -0.2) is 0 Å². The number of benzene rings is 1. The van der Waals surface area contributed by atoms with Gasteiger partial charge in [0, 0.05) is 24.0 Å². The Hall–Kier alpha value is -3.19. The molecule has 1 N–H and O–H groups in total. The summed E-state index contributed by atoms with van der Waals surface area (Å²) in [5.74, 6) is -0.0351. The van der Waals surface area contributed by atoms with Crippen molar-refractivity contribution in [3.63, 3.8) is 0 Å². The molecule has 144 valence electrons. The number of aryl methyl sites for hydroxylation is 1. The molecule has 1 aliphatic heterocycles. The molecule has 0 aliphatic carbocycles. The molecule has 0 unspecified atom stereocenters. The SMILES string of the molecule is Cc1cccc(COC[C@H]2CN(C(=O)c3cccc(O)c3)Cc3ccnn32)n1. The van der Waals surface area contributed by atoms with Crippen LogP contribution in [0.2, 0.25) is 0 Å². The smallest absolute Gasteiger partial charge is 0.254 e. The molecule has 0 fully saturated rings. The highest BCUT2D eigenvalue weighted by molar-refractivity contribution is 5.94. The van der Waals surface area contributed by atoms with Crippen molar-refractivity contribution < 1.29 is 14.6 Å². The van der Waals surface area contributed by atoms with Crippen LogP contribution in [-0.2, 0) is 17.9 Å². The predicted octanol–water partition coefficient (Wildman–Crippen LogP) is 2.71. The number of phenolic OH excluding ortho intramolecular Hbond substituents is 1. The van der Waals surface area contributed by atoms with Gasteiger partial charge in [-0.1, -0.05) is 12.1 Å². The van der Waals surface area contributed by atoms with Crippen LogP contribution in [0.1, 0.15) is 33.5 Å². The van der Waals surface area contributed by atoms with Crippen molar-refractivity contribution >= 4 is 5.91 Å². The summed E-state index contributed by atoms with van der Waals surface area (Å²) in [6, 6.07) is 14.1.